The van der Waals surface area contributed by atoms with Gasteiger partial charge in [0.05, 0.1) is 5.38 Å². The standard InChI is InChI=1S/C17H25Cl/c1-17(2,3)12-11-14-9-6-8-13-7-4-5-10-15(13)16(14)18/h4-5,7,10,14,16H,6,8-9,11-12H2,1-3H3. The first-order valence-corrected chi connectivity index (χ1v) is 7.63. The van der Waals surface area contributed by atoms with Gasteiger partial charge in [-0.2, -0.15) is 0 Å². The molecule has 0 bridgehead atoms. The van der Waals surface area contributed by atoms with Crippen LogP contribution in [0.4, 0.5) is 0 Å². The molecule has 2 rings (SSSR count). The van der Waals surface area contributed by atoms with Crippen molar-refractivity contribution in [2.24, 2.45) is 11.3 Å². The van der Waals surface area contributed by atoms with E-state index in [1.807, 2.05) is 0 Å². The highest BCUT2D eigenvalue weighted by atomic mass is 35.5. The maximum Gasteiger partial charge on any atom is 0.0616 e. The first-order valence-electron chi connectivity index (χ1n) is 7.19. The van der Waals surface area contributed by atoms with Crippen molar-refractivity contribution in [2.75, 3.05) is 0 Å². The second kappa shape index (κ2) is 5.65. The molecule has 0 nitrogen and oxygen atoms in total. The second-order valence-electron chi connectivity index (χ2n) is 6.85. The van der Waals surface area contributed by atoms with E-state index in [-0.39, 0.29) is 5.38 Å². The molecule has 0 aromatic heterocycles. The van der Waals surface area contributed by atoms with Crippen LogP contribution in [0.5, 0.6) is 0 Å². The molecule has 1 aromatic carbocycles. The highest BCUT2D eigenvalue weighted by Gasteiger charge is 2.26. The molecule has 18 heavy (non-hydrogen) atoms. The number of hydrogen-bond donors (Lipinski definition) is 0. The van der Waals surface area contributed by atoms with Crippen LogP contribution in [0.25, 0.3) is 0 Å². The Morgan fingerprint density at radius 1 is 1.22 bits per heavy atom. The first kappa shape index (κ1) is 13.9. The maximum absolute atomic E-state index is 6.75. The third kappa shape index (κ3) is 3.51. The molecule has 0 amide bonds. The Morgan fingerprint density at radius 2 is 1.94 bits per heavy atom. The zero-order valence-corrected chi connectivity index (χ0v) is 12.6. The Labute approximate surface area is 117 Å². The summed E-state index contributed by atoms with van der Waals surface area (Å²) >= 11 is 6.75. The molecule has 1 aliphatic rings. The van der Waals surface area contributed by atoms with Crippen molar-refractivity contribution in [3.8, 4) is 0 Å². The number of fused-ring (bicyclic) bond motifs is 1. The third-order valence-corrected chi connectivity index (χ3v) is 4.64. The van der Waals surface area contributed by atoms with Crippen LogP contribution < -0.4 is 0 Å². The number of benzene rings is 1. The van der Waals surface area contributed by atoms with E-state index in [1.165, 1.54) is 43.2 Å². The normalized spacial score (nSPS) is 24.4. The highest BCUT2D eigenvalue weighted by Crippen LogP contribution is 2.41. The summed E-state index contributed by atoms with van der Waals surface area (Å²) in [6.45, 7) is 6.96. The summed E-state index contributed by atoms with van der Waals surface area (Å²) in [6.07, 6.45) is 6.29. The summed E-state index contributed by atoms with van der Waals surface area (Å²) in [7, 11) is 0. The second-order valence-corrected chi connectivity index (χ2v) is 7.32. The number of alkyl halides is 1. The summed E-state index contributed by atoms with van der Waals surface area (Å²) in [5, 5.41) is 0.214. The lowest BCUT2D eigenvalue weighted by molar-refractivity contribution is 0.308. The van der Waals surface area contributed by atoms with Crippen LogP contribution in [0, 0.1) is 11.3 Å². The molecule has 0 spiro atoms. The van der Waals surface area contributed by atoms with Crippen LogP contribution in [0.3, 0.4) is 0 Å². The summed E-state index contributed by atoms with van der Waals surface area (Å²) in [6, 6.07) is 8.73. The van der Waals surface area contributed by atoms with Gasteiger partial charge in [0, 0.05) is 0 Å². The van der Waals surface area contributed by atoms with Gasteiger partial charge in [0.2, 0.25) is 0 Å². The van der Waals surface area contributed by atoms with Crippen LogP contribution in [0.15, 0.2) is 24.3 Å². The molecule has 0 saturated heterocycles. The lowest BCUT2D eigenvalue weighted by Crippen LogP contribution is -2.12. The van der Waals surface area contributed by atoms with Crippen molar-refractivity contribution < 1.29 is 0 Å². The number of aryl methyl sites for hydroxylation is 1. The first-order chi connectivity index (χ1) is 8.47. The van der Waals surface area contributed by atoms with Gasteiger partial charge in [-0.25, -0.2) is 0 Å². The molecular weight excluding hydrogens is 240 g/mol. The van der Waals surface area contributed by atoms with Crippen molar-refractivity contribution in [3.05, 3.63) is 35.4 Å². The van der Waals surface area contributed by atoms with Gasteiger partial charge in [-0.15, -0.1) is 11.6 Å². The van der Waals surface area contributed by atoms with Crippen molar-refractivity contribution >= 4 is 11.6 Å². The Hall–Kier alpha value is -0.490. The molecule has 2 atom stereocenters. The minimum atomic E-state index is 0.214. The average Bonchev–Trinajstić information content (AvgIpc) is 2.46. The zero-order chi connectivity index (χ0) is 13.2. The Balaban J connectivity index is 2.10. The van der Waals surface area contributed by atoms with Crippen molar-refractivity contribution in [2.45, 2.75) is 58.3 Å². The van der Waals surface area contributed by atoms with Crippen molar-refractivity contribution in [3.63, 3.8) is 0 Å². The predicted molar refractivity (Wildman–Crippen MR) is 80.2 cm³/mol. The van der Waals surface area contributed by atoms with Crippen LogP contribution in [0.1, 0.15) is 63.0 Å². The molecule has 0 radical (unpaired) electrons. The van der Waals surface area contributed by atoms with Crippen molar-refractivity contribution in [1.29, 1.82) is 0 Å². The topological polar surface area (TPSA) is 0 Å². The smallest absolute Gasteiger partial charge is 0.0616 e. The average molecular weight is 265 g/mol. The lowest BCUT2D eigenvalue weighted by atomic mass is 9.83. The number of rotatable bonds is 2. The molecule has 0 saturated carbocycles. The molecule has 1 heteroatoms. The molecular formula is C17H25Cl. The minimum Gasteiger partial charge on any atom is -0.118 e. The van der Waals surface area contributed by atoms with Gasteiger partial charge in [-0.05, 0) is 54.6 Å². The third-order valence-electron chi connectivity index (χ3n) is 4.05. The van der Waals surface area contributed by atoms with Gasteiger partial charge >= 0.3 is 0 Å². The molecule has 1 aliphatic carbocycles. The van der Waals surface area contributed by atoms with Gasteiger partial charge in [-0.3, -0.25) is 0 Å². The fraction of sp³-hybridized carbons (Fsp3) is 0.647. The number of halogens is 1. The lowest BCUT2D eigenvalue weighted by Gasteiger charge is -2.25. The monoisotopic (exact) mass is 264 g/mol. The van der Waals surface area contributed by atoms with Crippen LogP contribution in [-0.4, -0.2) is 0 Å². The fourth-order valence-corrected chi connectivity index (χ4v) is 3.36. The van der Waals surface area contributed by atoms with E-state index >= 15 is 0 Å². The van der Waals surface area contributed by atoms with Gasteiger partial charge in [0.25, 0.3) is 0 Å². The maximum atomic E-state index is 6.75. The summed E-state index contributed by atoms with van der Waals surface area (Å²) in [5.41, 5.74) is 3.27. The fourth-order valence-electron chi connectivity index (χ4n) is 2.89. The molecule has 0 fully saturated rings. The Morgan fingerprint density at radius 3 is 2.67 bits per heavy atom. The summed E-state index contributed by atoms with van der Waals surface area (Å²) in [4.78, 5) is 0. The van der Waals surface area contributed by atoms with Crippen LogP contribution >= 0.6 is 11.6 Å². The predicted octanol–water partition coefficient (Wildman–Crippen LogP) is 5.75. The molecule has 2 unspecified atom stereocenters. The van der Waals surface area contributed by atoms with Gasteiger partial charge < -0.3 is 0 Å². The van der Waals surface area contributed by atoms with E-state index < -0.39 is 0 Å². The van der Waals surface area contributed by atoms with E-state index in [9.17, 15) is 0 Å². The largest absolute Gasteiger partial charge is 0.118 e. The number of hydrogen-bond acceptors (Lipinski definition) is 0. The summed E-state index contributed by atoms with van der Waals surface area (Å²) < 4.78 is 0. The molecule has 0 N–H and O–H groups in total. The van der Waals surface area contributed by atoms with E-state index in [4.69, 9.17) is 11.6 Å². The quantitative estimate of drug-likeness (QED) is 0.472. The van der Waals surface area contributed by atoms with E-state index in [1.54, 1.807) is 0 Å². The molecule has 0 heterocycles. The Kier molecular flexibility index (Phi) is 4.37. The molecule has 0 aliphatic heterocycles. The highest BCUT2D eigenvalue weighted by molar-refractivity contribution is 6.21. The zero-order valence-electron chi connectivity index (χ0n) is 11.9. The van der Waals surface area contributed by atoms with E-state index in [2.05, 4.69) is 45.0 Å². The molecule has 1 aromatic rings. The van der Waals surface area contributed by atoms with Crippen LogP contribution in [-0.2, 0) is 6.42 Å². The van der Waals surface area contributed by atoms with Gasteiger partial charge in [-0.1, -0.05) is 45.0 Å². The van der Waals surface area contributed by atoms with E-state index in [0.717, 1.165) is 0 Å². The Bertz CT molecular complexity index is 389. The SMILES string of the molecule is CC(C)(C)CCC1CCCc2ccccc2C1Cl. The van der Waals surface area contributed by atoms with Crippen molar-refractivity contribution in [1.82, 2.24) is 0 Å². The molecule has 100 valence electrons. The van der Waals surface area contributed by atoms with E-state index in [0.29, 0.717) is 11.3 Å². The van der Waals surface area contributed by atoms with Crippen LogP contribution in [0.2, 0.25) is 0 Å². The minimum absolute atomic E-state index is 0.214. The van der Waals surface area contributed by atoms with Gasteiger partial charge in [0.1, 0.15) is 0 Å². The van der Waals surface area contributed by atoms with Gasteiger partial charge in [0.15, 0.2) is 0 Å². The summed E-state index contributed by atoms with van der Waals surface area (Å²) in [5.74, 6) is 0.648.